The van der Waals surface area contributed by atoms with Crippen molar-refractivity contribution in [2.24, 2.45) is 0 Å². The summed E-state index contributed by atoms with van der Waals surface area (Å²) in [6, 6.07) is 5.64. The maximum absolute atomic E-state index is 13.6. The largest absolute Gasteiger partial charge is 0.494 e. The molecule has 6 nitrogen and oxygen atoms in total. The standard InChI is InChI=1S/C17H13FN2O4S/c1-23-14-4-2-11(8-13(14)18)3-5-16(22)24-10-12-9-15(21)20-6-7-25-17(20)19-12/h2-9H,10H2,1H3/b5-3+. The highest BCUT2D eigenvalue weighted by Gasteiger charge is 2.06. The van der Waals surface area contributed by atoms with Gasteiger partial charge < -0.3 is 9.47 Å². The van der Waals surface area contributed by atoms with Crippen LogP contribution in [0.15, 0.2) is 46.7 Å². The minimum atomic E-state index is -0.621. The van der Waals surface area contributed by atoms with Gasteiger partial charge in [0.05, 0.1) is 12.8 Å². The number of benzene rings is 1. The summed E-state index contributed by atoms with van der Waals surface area (Å²) in [5, 5.41) is 1.75. The highest BCUT2D eigenvalue weighted by Crippen LogP contribution is 2.18. The number of methoxy groups -OCH3 is 1. The van der Waals surface area contributed by atoms with Crippen LogP contribution in [0.1, 0.15) is 11.3 Å². The molecule has 1 aromatic carbocycles. The molecule has 0 atom stereocenters. The zero-order valence-electron chi connectivity index (χ0n) is 13.1. The molecule has 0 fully saturated rings. The second-order valence-electron chi connectivity index (χ2n) is 4.98. The summed E-state index contributed by atoms with van der Waals surface area (Å²) in [6.07, 6.45) is 4.23. The number of carbonyl (C=O) groups is 1. The Kier molecular flexibility index (Phi) is 4.90. The number of thiazole rings is 1. The van der Waals surface area contributed by atoms with Gasteiger partial charge in [-0.3, -0.25) is 9.20 Å². The minimum absolute atomic E-state index is 0.121. The molecule has 0 aliphatic carbocycles. The lowest BCUT2D eigenvalue weighted by atomic mass is 10.2. The van der Waals surface area contributed by atoms with Crippen LogP contribution in [0, 0.1) is 5.82 Å². The van der Waals surface area contributed by atoms with E-state index in [1.807, 2.05) is 0 Å². The van der Waals surface area contributed by atoms with Gasteiger partial charge in [0.1, 0.15) is 6.61 Å². The molecule has 0 aliphatic heterocycles. The second-order valence-corrected chi connectivity index (χ2v) is 5.85. The summed E-state index contributed by atoms with van der Waals surface area (Å²) in [5.74, 6) is -1.02. The Hall–Kier alpha value is -3.00. The van der Waals surface area contributed by atoms with Crippen molar-refractivity contribution in [3.8, 4) is 5.75 Å². The molecule has 0 unspecified atom stereocenters. The van der Waals surface area contributed by atoms with Crippen LogP contribution in [0.25, 0.3) is 11.0 Å². The Labute approximate surface area is 145 Å². The van der Waals surface area contributed by atoms with Crippen LogP contribution in [0.2, 0.25) is 0 Å². The zero-order valence-corrected chi connectivity index (χ0v) is 14.0. The van der Waals surface area contributed by atoms with Gasteiger partial charge >= 0.3 is 5.97 Å². The Balaban J connectivity index is 1.63. The molecule has 0 amide bonds. The molecule has 0 bridgehead atoms. The van der Waals surface area contributed by atoms with E-state index in [1.54, 1.807) is 17.6 Å². The van der Waals surface area contributed by atoms with E-state index in [4.69, 9.17) is 9.47 Å². The first-order valence-corrected chi connectivity index (χ1v) is 8.09. The molecule has 0 saturated carbocycles. The molecule has 25 heavy (non-hydrogen) atoms. The molecule has 3 rings (SSSR count). The summed E-state index contributed by atoms with van der Waals surface area (Å²) >= 11 is 1.31. The number of carbonyl (C=O) groups excluding carboxylic acids is 1. The number of fused-ring (bicyclic) bond motifs is 1. The Morgan fingerprint density at radius 1 is 1.40 bits per heavy atom. The van der Waals surface area contributed by atoms with Gasteiger partial charge in [-0.2, -0.15) is 0 Å². The van der Waals surface area contributed by atoms with Crippen molar-refractivity contribution in [3.05, 3.63) is 69.3 Å². The van der Waals surface area contributed by atoms with Crippen molar-refractivity contribution in [1.29, 1.82) is 0 Å². The van der Waals surface area contributed by atoms with Gasteiger partial charge in [0.15, 0.2) is 16.5 Å². The van der Waals surface area contributed by atoms with Crippen molar-refractivity contribution < 1.29 is 18.7 Å². The topological polar surface area (TPSA) is 69.9 Å². The van der Waals surface area contributed by atoms with Gasteiger partial charge in [0, 0.05) is 23.7 Å². The third-order valence-corrected chi connectivity index (χ3v) is 4.06. The summed E-state index contributed by atoms with van der Waals surface area (Å²) in [5.41, 5.74) is 0.623. The van der Waals surface area contributed by atoms with Gasteiger partial charge in [-0.05, 0) is 23.8 Å². The Bertz CT molecular complexity index is 1010. The van der Waals surface area contributed by atoms with Gasteiger partial charge in [-0.15, -0.1) is 11.3 Å². The lowest BCUT2D eigenvalue weighted by Crippen LogP contribution is -2.14. The zero-order chi connectivity index (χ0) is 17.8. The minimum Gasteiger partial charge on any atom is -0.494 e. The predicted octanol–water partition coefficient (Wildman–Crippen LogP) is 2.66. The molecule has 0 N–H and O–H groups in total. The lowest BCUT2D eigenvalue weighted by molar-refractivity contribution is -0.139. The molecule has 8 heteroatoms. The first kappa shape index (κ1) is 16.8. The molecule has 2 aromatic heterocycles. The van der Waals surface area contributed by atoms with Gasteiger partial charge in [-0.25, -0.2) is 14.2 Å². The van der Waals surface area contributed by atoms with Crippen LogP contribution in [-0.4, -0.2) is 22.5 Å². The third kappa shape index (κ3) is 3.92. The highest BCUT2D eigenvalue weighted by molar-refractivity contribution is 7.15. The van der Waals surface area contributed by atoms with E-state index in [9.17, 15) is 14.0 Å². The van der Waals surface area contributed by atoms with Crippen molar-refractivity contribution in [3.63, 3.8) is 0 Å². The molecular weight excluding hydrogens is 347 g/mol. The molecule has 128 valence electrons. The molecule has 0 spiro atoms. The average molecular weight is 360 g/mol. The quantitative estimate of drug-likeness (QED) is 0.517. The van der Waals surface area contributed by atoms with Crippen molar-refractivity contribution in [2.75, 3.05) is 7.11 Å². The van der Waals surface area contributed by atoms with Crippen molar-refractivity contribution in [1.82, 2.24) is 9.38 Å². The SMILES string of the molecule is COc1ccc(/C=C/C(=O)OCc2cc(=O)n3ccsc3n2)cc1F. The van der Waals surface area contributed by atoms with E-state index in [-0.39, 0.29) is 17.9 Å². The van der Waals surface area contributed by atoms with Crippen LogP contribution in [0.4, 0.5) is 4.39 Å². The van der Waals surface area contributed by atoms with Crippen LogP contribution < -0.4 is 10.3 Å². The molecule has 0 aliphatic rings. The van der Waals surface area contributed by atoms with Crippen molar-refractivity contribution in [2.45, 2.75) is 6.61 Å². The van der Waals surface area contributed by atoms with E-state index in [2.05, 4.69) is 4.98 Å². The third-order valence-electron chi connectivity index (χ3n) is 3.31. The number of aromatic nitrogens is 2. The van der Waals surface area contributed by atoms with Crippen LogP contribution in [0.3, 0.4) is 0 Å². The normalized spacial score (nSPS) is 11.1. The van der Waals surface area contributed by atoms with Crippen molar-refractivity contribution >= 4 is 28.3 Å². The smallest absolute Gasteiger partial charge is 0.331 e. The van der Waals surface area contributed by atoms with E-state index < -0.39 is 11.8 Å². The summed E-state index contributed by atoms with van der Waals surface area (Å²) < 4.78 is 24.9. The number of halogens is 1. The predicted molar refractivity (Wildman–Crippen MR) is 91.1 cm³/mol. The Morgan fingerprint density at radius 3 is 3.00 bits per heavy atom. The summed E-state index contributed by atoms with van der Waals surface area (Å²) in [4.78, 5) is 28.4. The summed E-state index contributed by atoms with van der Waals surface area (Å²) in [7, 11) is 1.37. The summed E-state index contributed by atoms with van der Waals surface area (Å²) in [6.45, 7) is -0.121. The molecule has 0 radical (unpaired) electrons. The van der Waals surface area contributed by atoms with Gasteiger partial charge in [0.2, 0.25) is 0 Å². The fourth-order valence-electron chi connectivity index (χ4n) is 2.11. The second kappa shape index (κ2) is 7.27. The van der Waals surface area contributed by atoms with Crippen LogP contribution in [-0.2, 0) is 16.1 Å². The maximum atomic E-state index is 13.6. The monoisotopic (exact) mass is 360 g/mol. The first-order chi connectivity index (χ1) is 12.1. The average Bonchev–Trinajstić information content (AvgIpc) is 3.07. The molecular formula is C17H13FN2O4S. The highest BCUT2D eigenvalue weighted by atomic mass is 32.1. The van der Waals surface area contributed by atoms with Crippen LogP contribution >= 0.6 is 11.3 Å². The van der Waals surface area contributed by atoms with E-state index in [1.165, 1.54) is 53.2 Å². The number of nitrogens with zero attached hydrogens (tertiary/aromatic N) is 2. The Morgan fingerprint density at radius 2 is 2.24 bits per heavy atom. The molecule has 0 saturated heterocycles. The first-order valence-electron chi connectivity index (χ1n) is 7.21. The number of ether oxygens (including phenoxy) is 2. The number of rotatable bonds is 5. The maximum Gasteiger partial charge on any atom is 0.331 e. The number of hydrogen-bond donors (Lipinski definition) is 0. The fourth-order valence-corrected chi connectivity index (χ4v) is 2.84. The number of esters is 1. The van der Waals surface area contributed by atoms with Gasteiger partial charge in [-0.1, -0.05) is 6.07 Å². The van der Waals surface area contributed by atoms with Crippen LogP contribution in [0.5, 0.6) is 5.75 Å². The van der Waals surface area contributed by atoms with Gasteiger partial charge in [0.25, 0.3) is 5.56 Å². The number of hydrogen-bond acceptors (Lipinski definition) is 6. The van der Waals surface area contributed by atoms with E-state index in [0.29, 0.717) is 16.2 Å². The lowest BCUT2D eigenvalue weighted by Gasteiger charge is -2.03. The van der Waals surface area contributed by atoms with E-state index >= 15 is 0 Å². The molecule has 3 aromatic rings. The van der Waals surface area contributed by atoms with E-state index in [0.717, 1.165) is 0 Å². The molecule has 2 heterocycles. The fraction of sp³-hybridized carbons (Fsp3) is 0.118.